The lowest BCUT2D eigenvalue weighted by atomic mass is 10.00. The molecule has 1 saturated heterocycles. The highest BCUT2D eigenvalue weighted by molar-refractivity contribution is 5.39. The van der Waals surface area contributed by atoms with Gasteiger partial charge in [-0.25, -0.2) is 9.67 Å². The van der Waals surface area contributed by atoms with Crippen molar-refractivity contribution in [3.05, 3.63) is 48.2 Å². The highest BCUT2D eigenvalue weighted by Crippen LogP contribution is 2.31. The van der Waals surface area contributed by atoms with E-state index in [0.29, 0.717) is 18.7 Å². The molecule has 0 spiro atoms. The Kier molecular flexibility index (Phi) is 3.62. The van der Waals surface area contributed by atoms with Crippen LogP contribution < -0.4 is 0 Å². The van der Waals surface area contributed by atoms with E-state index < -0.39 is 5.60 Å². The largest absolute Gasteiger partial charge is 0.382 e. The van der Waals surface area contributed by atoms with Crippen LogP contribution in [0.2, 0.25) is 0 Å². The fraction of sp³-hybridized carbons (Fsp3) is 0.471. The van der Waals surface area contributed by atoms with E-state index >= 15 is 0 Å². The third-order valence-electron chi connectivity index (χ3n) is 4.74. The maximum atomic E-state index is 11.0. The van der Waals surface area contributed by atoms with Crippen LogP contribution in [0.3, 0.4) is 0 Å². The molecule has 4 heterocycles. The molecule has 3 aromatic rings. The zero-order chi connectivity index (χ0) is 16.7. The fourth-order valence-electron chi connectivity index (χ4n) is 3.32. The van der Waals surface area contributed by atoms with Crippen LogP contribution in [0.5, 0.6) is 0 Å². The first-order chi connectivity index (χ1) is 11.5. The Balaban J connectivity index is 1.52. The number of likely N-dealkylation sites (tertiary alicyclic amines) is 1. The third-order valence-corrected chi connectivity index (χ3v) is 4.74. The van der Waals surface area contributed by atoms with Gasteiger partial charge >= 0.3 is 0 Å². The summed E-state index contributed by atoms with van der Waals surface area (Å²) in [5.41, 5.74) is 1.86. The highest BCUT2D eigenvalue weighted by Gasteiger charge is 2.40. The summed E-state index contributed by atoms with van der Waals surface area (Å²) in [6.07, 6.45) is 6.32. The average molecular weight is 326 g/mol. The second kappa shape index (κ2) is 5.68. The molecule has 0 bridgehead atoms. The molecule has 24 heavy (non-hydrogen) atoms. The third kappa shape index (κ3) is 2.59. The van der Waals surface area contributed by atoms with E-state index in [4.69, 9.17) is 0 Å². The minimum absolute atomic E-state index is 0.242. The molecule has 0 saturated carbocycles. The Bertz CT molecular complexity index is 854. The number of pyridine rings is 1. The number of β-amino-alcohol motifs (C(OH)–C–C–N with tert-alkyl or cyclic N) is 1. The van der Waals surface area contributed by atoms with Gasteiger partial charge in [-0.05, 0) is 32.4 Å². The van der Waals surface area contributed by atoms with Gasteiger partial charge < -0.3 is 9.51 Å². The molecule has 1 fully saturated rings. The van der Waals surface area contributed by atoms with Crippen molar-refractivity contribution in [2.45, 2.75) is 38.5 Å². The van der Waals surface area contributed by atoms with Crippen molar-refractivity contribution in [3.63, 3.8) is 0 Å². The van der Waals surface area contributed by atoms with Crippen molar-refractivity contribution < 1.29 is 5.11 Å². The second-order valence-electron chi connectivity index (χ2n) is 6.84. The molecule has 1 unspecified atom stereocenters. The van der Waals surface area contributed by atoms with Crippen molar-refractivity contribution in [3.8, 4) is 0 Å². The fourth-order valence-corrected chi connectivity index (χ4v) is 3.32. The van der Waals surface area contributed by atoms with Gasteiger partial charge in [0, 0.05) is 43.8 Å². The van der Waals surface area contributed by atoms with Gasteiger partial charge in [0.1, 0.15) is 16.9 Å². The minimum atomic E-state index is -0.921. The molecule has 1 N–H and O–H groups in total. The summed E-state index contributed by atoms with van der Waals surface area (Å²) in [6.45, 7) is 6.27. The van der Waals surface area contributed by atoms with Crippen molar-refractivity contribution in [1.29, 1.82) is 0 Å². The lowest BCUT2D eigenvalue weighted by Crippen LogP contribution is -2.31. The van der Waals surface area contributed by atoms with Crippen LogP contribution in [0.25, 0.3) is 5.65 Å². The van der Waals surface area contributed by atoms with E-state index in [0.717, 1.165) is 18.7 Å². The standard InChI is InChI=1S/C17H22N6O/c1-13(2)23-11-15(19-20-23)17(24)6-8-21(12-17)10-14-4-3-5-16-18-7-9-22(14)16/h3-5,7,9,11,13,24H,6,8,10,12H2,1-2H3. The summed E-state index contributed by atoms with van der Waals surface area (Å²) >= 11 is 0. The van der Waals surface area contributed by atoms with E-state index in [9.17, 15) is 5.11 Å². The van der Waals surface area contributed by atoms with Gasteiger partial charge in [0.2, 0.25) is 0 Å². The van der Waals surface area contributed by atoms with Crippen molar-refractivity contribution in [2.24, 2.45) is 0 Å². The van der Waals surface area contributed by atoms with Crippen LogP contribution in [-0.4, -0.2) is 47.5 Å². The maximum absolute atomic E-state index is 11.0. The summed E-state index contributed by atoms with van der Waals surface area (Å²) in [4.78, 5) is 6.58. The van der Waals surface area contributed by atoms with Crippen molar-refractivity contribution >= 4 is 5.65 Å². The number of hydrogen-bond acceptors (Lipinski definition) is 5. The van der Waals surface area contributed by atoms with Crippen molar-refractivity contribution in [2.75, 3.05) is 13.1 Å². The lowest BCUT2D eigenvalue weighted by molar-refractivity contribution is 0.0406. The summed E-state index contributed by atoms with van der Waals surface area (Å²) in [5.74, 6) is 0. The monoisotopic (exact) mass is 326 g/mol. The molecule has 1 aliphatic heterocycles. The predicted octanol–water partition coefficient (Wildman–Crippen LogP) is 1.60. The number of aromatic nitrogens is 5. The van der Waals surface area contributed by atoms with Crippen LogP contribution in [0.15, 0.2) is 36.8 Å². The lowest BCUT2D eigenvalue weighted by Gasteiger charge is -2.21. The Morgan fingerprint density at radius 3 is 3.00 bits per heavy atom. The van der Waals surface area contributed by atoms with Crippen molar-refractivity contribution in [1.82, 2.24) is 29.3 Å². The molecule has 0 aliphatic carbocycles. The molecule has 7 heteroatoms. The summed E-state index contributed by atoms with van der Waals surface area (Å²) in [5, 5.41) is 19.3. The van der Waals surface area contributed by atoms with Gasteiger partial charge in [-0.15, -0.1) is 5.10 Å². The molecule has 1 aliphatic rings. The Labute approximate surface area is 140 Å². The maximum Gasteiger partial charge on any atom is 0.136 e. The van der Waals surface area contributed by atoms with E-state index in [-0.39, 0.29) is 6.04 Å². The smallest absolute Gasteiger partial charge is 0.136 e. The van der Waals surface area contributed by atoms with Gasteiger partial charge in [0.15, 0.2) is 0 Å². The normalized spacial score (nSPS) is 22.0. The molecule has 0 radical (unpaired) electrons. The Morgan fingerprint density at radius 1 is 1.33 bits per heavy atom. The first kappa shape index (κ1) is 15.3. The highest BCUT2D eigenvalue weighted by atomic mass is 16.3. The number of fused-ring (bicyclic) bond motifs is 1. The second-order valence-corrected chi connectivity index (χ2v) is 6.84. The van der Waals surface area contributed by atoms with E-state index in [1.807, 2.05) is 30.7 Å². The molecule has 0 amide bonds. The first-order valence-corrected chi connectivity index (χ1v) is 8.33. The van der Waals surface area contributed by atoms with Crippen LogP contribution in [0, 0.1) is 0 Å². The number of rotatable bonds is 4. The minimum Gasteiger partial charge on any atom is -0.382 e. The molecule has 0 aromatic carbocycles. The summed E-state index contributed by atoms with van der Waals surface area (Å²) in [7, 11) is 0. The van der Waals surface area contributed by atoms with Gasteiger partial charge in [0.05, 0.1) is 6.20 Å². The number of hydrogen-bond donors (Lipinski definition) is 1. The Hall–Kier alpha value is -2.25. The average Bonchev–Trinajstić information content (AvgIpc) is 3.26. The van der Waals surface area contributed by atoms with Gasteiger partial charge in [-0.3, -0.25) is 4.90 Å². The molecular weight excluding hydrogens is 304 g/mol. The molecule has 4 rings (SSSR count). The summed E-state index contributed by atoms with van der Waals surface area (Å²) in [6, 6.07) is 6.36. The number of imidazole rings is 1. The number of aliphatic hydroxyl groups is 1. The Morgan fingerprint density at radius 2 is 2.21 bits per heavy atom. The van der Waals surface area contributed by atoms with Crippen LogP contribution in [-0.2, 0) is 12.1 Å². The zero-order valence-electron chi connectivity index (χ0n) is 14.0. The molecule has 7 nitrogen and oxygen atoms in total. The number of nitrogens with zero attached hydrogens (tertiary/aromatic N) is 6. The molecular formula is C17H22N6O. The van der Waals surface area contributed by atoms with E-state index in [1.54, 1.807) is 4.68 Å². The SMILES string of the molecule is CC(C)n1cc(C2(O)CCN(Cc3cccc4nccn34)C2)nn1. The molecule has 3 aromatic heterocycles. The summed E-state index contributed by atoms with van der Waals surface area (Å²) < 4.78 is 3.88. The van der Waals surface area contributed by atoms with Gasteiger partial charge in [-0.2, -0.15) is 0 Å². The quantitative estimate of drug-likeness (QED) is 0.788. The van der Waals surface area contributed by atoms with Crippen LogP contribution in [0.4, 0.5) is 0 Å². The van der Waals surface area contributed by atoms with Crippen LogP contribution in [0.1, 0.15) is 37.7 Å². The van der Waals surface area contributed by atoms with Crippen LogP contribution >= 0.6 is 0 Å². The molecule has 126 valence electrons. The van der Waals surface area contributed by atoms with E-state index in [1.165, 1.54) is 5.69 Å². The first-order valence-electron chi connectivity index (χ1n) is 8.33. The zero-order valence-corrected chi connectivity index (χ0v) is 14.0. The molecule has 1 atom stereocenters. The topological polar surface area (TPSA) is 71.5 Å². The van der Waals surface area contributed by atoms with E-state index in [2.05, 4.69) is 44.5 Å². The van der Waals surface area contributed by atoms with Gasteiger partial charge in [0.25, 0.3) is 0 Å². The van der Waals surface area contributed by atoms with Gasteiger partial charge in [-0.1, -0.05) is 11.3 Å². The predicted molar refractivity (Wildman–Crippen MR) is 89.4 cm³/mol.